The Morgan fingerprint density at radius 2 is 1.88 bits per heavy atom. The van der Waals surface area contributed by atoms with Gasteiger partial charge in [-0.25, -0.2) is 0 Å². The van der Waals surface area contributed by atoms with Crippen LogP contribution in [0.2, 0.25) is 0 Å². The normalized spacial score (nSPS) is 14.1. The van der Waals surface area contributed by atoms with Crippen LogP contribution in [0.15, 0.2) is 30.3 Å². The van der Waals surface area contributed by atoms with E-state index in [1.165, 1.54) is 5.56 Å². The molecular weight excluding hydrogens is 212 g/mol. The molecule has 0 radical (unpaired) electrons. The highest BCUT2D eigenvalue weighted by Gasteiger charge is 2.15. The highest BCUT2D eigenvalue weighted by Crippen LogP contribution is 2.11. The third-order valence-corrected chi connectivity index (χ3v) is 2.74. The summed E-state index contributed by atoms with van der Waals surface area (Å²) in [7, 11) is 0. The summed E-state index contributed by atoms with van der Waals surface area (Å²) in [6.45, 7) is 6.75. The van der Waals surface area contributed by atoms with Crippen LogP contribution in [-0.2, 0) is 4.79 Å². The third kappa shape index (κ3) is 4.57. The number of benzene rings is 1. The third-order valence-electron chi connectivity index (χ3n) is 2.74. The van der Waals surface area contributed by atoms with Crippen LogP contribution in [0.4, 0.5) is 0 Å². The van der Waals surface area contributed by atoms with Crippen molar-refractivity contribution in [2.75, 3.05) is 6.54 Å². The van der Waals surface area contributed by atoms with Crippen molar-refractivity contribution in [2.45, 2.75) is 39.3 Å². The zero-order valence-corrected chi connectivity index (χ0v) is 10.9. The van der Waals surface area contributed by atoms with Gasteiger partial charge in [0.25, 0.3) is 0 Å². The molecule has 0 saturated carbocycles. The lowest BCUT2D eigenvalue weighted by Gasteiger charge is -2.19. The molecule has 2 N–H and O–H groups in total. The number of carbonyl (C=O) groups is 1. The van der Waals surface area contributed by atoms with E-state index < -0.39 is 0 Å². The smallest absolute Gasteiger partial charge is 0.236 e. The Hall–Kier alpha value is -1.35. The monoisotopic (exact) mass is 234 g/mol. The number of rotatable bonds is 6. The number of hydrogen-bond acceptors (Lipinski definition) is 2. The van der Waals surface area contributed by atoms with Gasteiger partial charge >= 0.3 is 0 Å². The fourth-order valence-corrected chi connectivity index (χ4v) is 1.69. The van der Waals surface area contributed by atoms with Crippen LogP contribution in [0, 0.1) is 0 Å². The zero-order valence-electron chi connectivity index (χ0n) is 10.9. The minimum absolute atomic E-state index is 0.0645. The maximum Gasteiger partial charge on any atom is 0.236 e. The summed E-state index contributed by atoms with van der Waals surface area (Å²) < 4.78 is 0. The molecule has 17 heavy (non-hydrogen) atoms. The molecule has 1 aromatic carbocycles. The van der Waals surface area contributed by atoms with Gasteiger partial charge in [-0.3, -0.25) is 10.1 Å². The lowest BCUT2D eigenvalue weighted by atomic mass is 10.1. The quantitative estimate of drug-likeness (QED) is 0.792. The fourth-order valence-electron chi connectivity index (χ4n) is 1.69. The molecule has 94 valence electrons. The van der Waals surface area contributed by atoms with Gasteiger partial charge in [0, 0.05) is 12.6 Å². The predicted molar refractivity (Wildman–Crippen MR) is 70.8 cm³/mol. The largest absolute Gasteiger partial charge is 0.355 e. The standard InChI is InChI=1S/C14H22N2O/c1-4-10-15-14(17)12(3)16-11(2)13-8-6-5-7-9-13/h5-9,11-12,16H,4,10H2,1-3H3,(H,15,17)/t11-,12?/m1/s1. The summed E-state index contributed by atoms with van der Waals surface area (Å²) in [5, 5.41) is 6.18. The van der Waals surface area contributed by atoms with Gasteiger partial charge in [0.2, 0.25) is 5.91 Å². The summed E-state index contributed by atoms with van der Waals surface area (Å²) in [5.41, 5.74) is 1.20. The highest BCUT2D eigenvalue weighted by atomic mass is 16.2. The topological polar surface area (TPSA) is 41.1 Å². The Bertz CT molecular complexity index is 337. The van der Waals surface area contributed by atoms with Crippen molar-refractivity contribution >= 4 is 5.91 Å². The molecule has 0 aromatic heterocycles. The van der Waals surface area contributed by atoms with E-state index in [2.05, 4.69) is 29.7 Å². The Kier molecular flexibility index (Phi) is 5.70. The maximum absolute atomic E-state index is 11.7. The Labute approximate surface area is 104 Å². The zero-order chi connectivity index (χ0) is 12.7. The average molecular weight is 234 g/mol. The van der Waals surface area contributed by atoms with Gasteiger partial charge in [-0.05, 0) is 25.8 Å². The molecule has 1 rings (SSSR count). The minimum Gasteiger partial charge on any atom is -0.355 e. The minimum atomic E-state index is -0.170. The van der Waals surface area contributed by atoms with Gasteiger partial charge in [0.15, 0.2) is 0 Å². The number of carbonyl (C=O) groups excluding carboxylic acids is 1. The van der Waals surface area contributed by atoms with E-state index >= 15 is 0 Å². The van der Waals surface area contributed by atoms with Gasteiger partial charge in [-0.2, -0.15) is 0 Å². The molecule has 0 aliphatic heterocycles. The molecule has 1 amide bonds. The number of nitrogens with one attached hydrogen (secondary N) is 2. The van der Waals surface area contributed by atoms with Crippen molar-refractivity contribution in [3.05, 3.63) is 35.9 Å². The Morgan fingerprint density at radius 3 is 2.47 bits per heavy atom. The molecule has 0 aliphatic rings. The number of hydrogen-bond donors (Lipinski definition) is 2. The molecule has 0 spiro atoms. The Morgan fingerprint density at radius 1 is 1.24 bits per heavy atom. The van der Waals surface area contributed by atoms with E-state index in [-0.39, 0.29) is 18.0 Å². The first-order valence-corrected chi connectivity index (χ1v) is 6.23. The van der Waals surface area contributed by atoms with Gasteiger partial charge < -0.3 is 5.32 Å². The Balaban J connectivity index is 2.45. The fraction of sp³-hybridized carbons (Fsp3) is 0.500. The van der Waals surface area contributed by atoms with Crippen LogP contribution in [-0.4, -0.2) is 18.5 Å². The van der Waals surface area contributed by atoms with E-state index in [1.807, 2.05) is 32.0 Å². The second-order valence-corrected chi connectivity index (χ2v) is 4.31. The second-order valence-electron chi connectivity index (χ2n) is 4.31. The van der Waals surface area contributed by atoms with Crippen LogP contribution >= 0.6 is 0 Å². The molecule has 0 fully saturated rings. The van der Waals surface area contributed by atoms with Gasteiger partial charge in [-0.15, -0.1) is 0 Å². The van der Waals surface area contributed by atoms with Gasteiger partial charge in [0.1, 0.15) is 0 Å². The van der Waals surface area contributed by atoms with Crippen LogP contribution in [0.1, 0.15) is 38.8 Å². The molecular formula is C14H22N2O. The first-order chi connectivity index (χ1) is 8.15. The molecule has 1 aromatic rings. The summed E-state index contributed by atoms with van der Waals surface area (Å²) in [5.74, 6) is 0.0645. The lowest BCUT2D eigenvalue weighted by Crippen LogP contribution is -2.43. The first-order valence-electron chi connectivity index (χ1n) is 6.23. The van der Waals surface area contributed by atoms with E-state index in [1.54, 1.807) is 0 Å². The van der Waals surface area contributed by atoms with E-state index in [9.17, 15) is 4.79 Å². The average Bonchev–Trinajstić information content (AvgIpc) is 2.36. The summed E-state index contributed by atoms with van der Waals surface area (Å²) in [6, 6.07) is 10.1. The molecule has 0 aliphatic carbocycles. The predicted octanol–water partition coefficient (Wildman–Crippen LogP) is 2.25. The lowest BCUT2D eigenvalue weighted by molar-refractivity contribution is -0.122. The molecule has 2 atom stereocenters. The van der Waals surface area contributed by atoms with Crippen LogP contribution in [0.3, 0.4) is 0 Å². The second kappa shape index (κ2) is 7.07. The first kappa shape index (κ1) is 13.7. The highest BCUT2D eigenvalue weighted by molar-refractivity contribution is 5.81. The van der Waals surface area contributed by atoms with Gasteiger partial charge in [-0.1, -0.05) is 37.3 Å². The van der Waals surface area contributed by atoms with Gasteiger partial charge in [0.05, 0.1) is 6.04 Å². The molecule has 3 heteroatoms. The maximum atomic E-state index is 11.7. The molecule has 0 heterocycles. The van der Waals surface area contributed by atoms with Crippen molar-refractivity contribution in [2.24, 2.45) is 0 Å². The van der Waals surface area contributed by atoms with Crippen LogP contribution in [0.25, 0.3) is 0 Å². The summed E-state index contributed by atoms with van der Waals surface area (Å²) >= 11 is 0. The SMILES string of the molecule is CCCNC(=O)C(C)N[C@H](C)c1ccccc1. The van der Waals surface area contributed by atoms with E-state index in [0.717, 1.165) is 13.0 Å². The molecule has 0 bridgehead atoms. The summed E-state index contributed by atoms with van der Waals surface area (Å²) in [4.78, 5) is 11.7. The van der Waals surface area contributed by atoms with Crippen molar-refractivity contribution in [1.82, 2.24) is 10.6 Å². The van der Waals surface area contributed by atoms with Crippen molar-refractivity contribution in [3.8, 4) is 0 Å². The molecule has 0 saturated heterocycles. The van der Waals surface area contributed by atoms with Crippen molar-refractivity contribution in [3.63, 3.8) is 0 Å². The summed E-state index contributed by atoms with van der Waals surface area (Å²) in [6.07, 6.45) is 0.965. The van der Waals surface area contributed by atoms with Crippen LogP contribution < -0.4 is 10.6 Å². The van der Waals surface area contributed by atoms with Crippen LogP contribution in [0.5, 0.6) is 0 Å². The molecule has 3 nitrogen and oxygen atoms in total. The van der Waals surface area contributed by atoms with E-state index in [0.29, 0.717) is 0 Å². The van der Waals surface area contributed by atoms with Crippen molar-refractivity contribution in [1.29, 1.82) is 0 Å². The van der Waals surface area contributed by atoms with E-state index in [4.69, 9.17) is 0 Å². The van der Waals surface area contributed by atoms with Crippen molar-refractivity contribution < 1.29 is 4.79 Å². The number of amides is 1. The molecule has 1 unspecified atom stereocenters.